The summed E-state index contributed by atoms with van der Waals surface area (Å²) in [6.45, 7) is 4.99. The molecule has 5 nitrogen and oxygen atoms in total. The maximum Gasteiger partial charge on any atom is 0.118 e. The molecule has 1 aliphatic rings. The molecule has 5 heteroatoms. The number of likely N-dealkylation sites (tertiary alicyclic amines) is 1. The van der Waals surface area contributed by atoms with Gasteiger partial charge in [0.25, 0.3) is 0 Å². The second-order valence-electron chi connectivity index (χ2n) is 4.74. The Morgan fingerprint density at radius 1 is 1.33 bits per heavy atom. The molecular weight excluding hydrogens is 232 g/mol. The van der Waals surface area contributed by atoms with Gasteiger partial charge in [0.15, 0.2) is 0 Å². The van der Waals surface area contributed by atoms with E-state index in [9.17, 15) is 0 Å². The zero-order valence-electron chi connectivity index (χ0n) is 11.3. The van der Waals surface area contributed by atoms with Gasteiger partial charge in [0, 0.05) is 39.4 Å². The summed E-state index contributed by atoms with van der Waals surface area (Å²) in [6, 6.07) is 2.04. The second kappa shape index (κ2) is 5.84. The molecule has 0 spiro atoms. The molecule has 18 heavy (non-hydrogen) atoms. The molecule has 1 aromatic rings. The predicted molar refractivity (Wildman–Crippen MR) is 68.2 cm³/mol. The van der Waals surface area contributed by atoms with E-state index >= 15 is 0 Å². The Balaban J connectivity index is 1.97. The topological polar surface area (TPSA) is 60.9 Å². The first-order valence-corrected chi connectivity index (χ1v) is 6.24. The van der Waals surface area contributed by atoms with Crippen LogP contribution < -0.4 is 5.73 Å². The first kappa shape index (κ1) is 13.5. The Labute approximate surface area is 108 Å². The summed E-state index contributed by atoms with van der Waals surface area (Å²) in [5.41, 5.74) is 6.73. The van der Waals surface area contributed by atoms with Gasteiger partial charge in [0.2, 0.25) is 0 Å². The van der Waals surface area contributed by atoms with Crippen molar-refractivity contribution in [2.24, 2.45) is 5.73 Å². The molecule has 2 unspecified atom stereocenters. The number of rotatable bonds is 5. The van der Waals surface area contributed by atoms with Crippen LogP contribution in [0.5, 0.6) is 0 Å². The van der Waals surface area contributed by atoms with Crippen LogP contribution in [0.2, 0.25) is 0 Å². The molecule has 0 saturated carbocycles. The molecule has 2 N–H and O–H groups in total. The van der Waals surface area contributed by atoms with Crippen LogP contribution in [-0.4, -0.2) is 44.4 Å². The number of aryl methyl sites for hydroxylation is 1. The fraction of sp³-hybridized carbons (Fsp3) is 0.692. The molecule has 102 valence electrons. The van der Waals surface area contributed by atoms with Crippen LogP contribution in [0.1, 0.15) is 17.1 Å². The van der Waals surface area contributed by atoms with E-state index in [1.54, 1.807) is 14.2 Å². The van der Waals surface area contributed by atoms with Crippen molar-refractivity contribution in [2.75, 3.05) is 27.3 Å². The maximum absolute atomic E-state index is 5.70. The number of nitrogens with zero attached hydrogens (tertiary/aromatic N) is 1. The van der Waals surface area contributed by atoms with Crippen LogP contribution in [0.4, 0.5) is 0 Å². The third kappa shape index (κ3) is 2.75. The van der Waals surface area contributed by atoms with E-state index < -0.39 is 0 Å². The fourth-order valence-electron chi connectivity index (χ4n) is 2.49. The van der Waals surface area contributed by atoms with E-state index in [0.717, 1.165) is 36.7 Å². The molecule has 2 rings (SSSR count). The minimum Gasteiger partial charge on any atom is -0.465 e. The van der Waals surface area contributed by atoms with Gasteiger partial charge in [-0.2, -0.15) is 0 Å². The highest BCUT2D eigenvalue weighted by molar-refractivity contribution is 5.20. The highest BCUT2D eigenvalue weighted by Crippen LogP contribution is 2.21. The third-order valence-corrected chi connectivity index (χ3v) is 3.57. The van der Waals surface area contributed by atoms with Gasteiger partial charge < -0.3 is 19.6 Å². The zero-order chi connectivity index (χ0) is 13.1. The average Bonchev–Trinajstić information content (AvgIpc) is 2.92. The highest BCUT2D eigenvalue weighted by atomic mass is 16.5. The summed E-state index contributed by atoms with van der Waals surface area (Å²) >= 11 is 0. The summed E-state index contributed by atoms with van der Waals surface area (Å²) in [4.78, 5) is 2.28. The minimum atomic E-state index is 0.139. The molecule has 0 amide bonds. The SMILES string of the molecule is COC1CN(Cc2cc(CN)c(C)o2)CC1OC. The van der Waals surface area contributed by atoms with E-state index in [1.807, 2.05) is 13.0 Å². The predicted octanol–water partition coefficient (Wildman–Crippen LogP) is 0.892. The van der Waals surface area contributed by atoms with E-state index in [2.05, 4.69) is 4.90 Å². The summed E-state index contributed by atoms with van der Waals surface area (Å²) in [6.07, 6.45) is 0.278. The van der Waals surface area contributed by atoms with Crippen molar-refractivity contribution in [1.29, 1.82) is 0 Å². The Morgan fingerprint density at radius 2 is 1.94 bits per heavy atom. The Hall–Kier alpha value is -0.880. The standard InChI is InChI=1S/C13H22N2O3/c1-9-10(5-14)4-11(18-9)6-15-7-12(16-2)13(8-15)17-3/h4,12-13H,5-8,14H2,1-3H3. The lowest BCUT2D eigenvalue weighted by Crippen LogP contribution is -2.27. The van der Waals surface area contributed by atoms with Crippen molar-refractivity contribution >= 4 is 0 Å². The van der Waals surface area contributed by atoms with E-state index in [1.165, 1.54) is 0 Å². The molecule has 1 saturated heterocycles. The molecule has 1 fully saturated rings. The number of hydrogen-bond acceptors (Lipinski definition) is 5. The molecule has 0 bridgehead atoms. The molecule has 1 aliphatic heterocycles. The quantitative estimate of drug-likeness (QED) is 0.845. The van der Waals surface area contributed by atoms with Crippen LogP contribution in [0.15, 0.2) is 10.5 Å². The molecule has 0 aromatic carbocycles. The van der Waals surface area contributed by atoms with Crippen LogP contribution >= 0.6 is 0 Å². The summed E-state index contributed by atoms with van der Waals surface area (Å²) < 4.78 is 16.5. The van der Waals surface area contributed by atoms with Crippen LogP contribution in [0.3, 0.4) is 0 Å². The fourth-order valence-corrected chi connectivity index (χ4v) is 2.49. The summed E-state index contributed by atoms with van der Waals surface area (Å²) in [7, 11) is 3.45. The first-order chi connectivity index (χ1) is 8.67. The third-order valence-electron chi connectivity index (χ3n) is 3.57. The molecular formula is C13H22N2O3. The molecule has 0 aliphatic carbocycles. The summed E-state index contributed by atoms with van der Waals surface area (Å²) in [5.74, 6) is 1.87. The van der Waals surface area contributed by atoms with Crippen molar-refractivity contribution in [3.8, 4) is 0 Å². The van der Waals surface area contributed by atoms with Gasteiger partial charge in [-0.3, -0.25) is 4.90 Å². The van der Waals surface area contributed by atoms with Crippen molar-refractivity contribution in [3.05, 3.63) is 23.2 Å². The Bertz CT molecular complexity index is 380. The number of ether oxygens (including phenoxy) is 2. The normalized spacial score (nSPS) is 24.9. The molecule has 2 atom stereocenters. The van der Waals surface area contributed by atoms with Gasteiger partial charge in [-0.05, 0) is 13.0 Å². The van der Waals surface area contributed by atoms with Crippen molar-refractivity contribution in [2.45, 2.75) is 32.2 Å². The van der Waals surface area contributed by atoms with Gasteiger partial charge in [-0.25, -0.2) is 0 Å². The second-order valence-corrected chi connectivity index (χ2v) is 4.74. The average molecular weight is 254 g/mol. The minimum absolute atomic E-state index is 0.139. The zero-order valence-corrected chi connectivity index (χ0v) is 11.3. The number of furan rings is 1. The van der Waals surface area contributed by atoms with Crippen molar-refractivity contribution in [1.82, 2.24) is 4.90 Å². The van der Waals surface area contributed by atoms with Gasteiger partial charge in [0.1, 0.15) is 11.5 Å². The maximum atomic E-state index is 5.70. The lowest BCUT2D eigenvalue weighted by molar-refractivity contribution is -0.00461. The highest BCUT2D eigenvalue weighted by Gasteiger charge is 2.33. The van der Waals surface area contributed by atoms with E-state index in [0.29, 0.717) is 6.54 Å². The lowest BCUT2D eigenvalue weighted by Gasteiger charge is -2.13. The molecule has 1 aromatic heterocycles. The monoisotopic (exact) mass is 254 g/mol. The van der Waals surface area contributed by atoms with Gasteiger partial charge in [-0.15, -0.1) is 0 Å². The van der Waals surface area contributed by atoms with Crippen LogP contribution in [-0.2, 0) is 22.6 Å². The Kier molecular flexibility index (Phi) is 4.40. The molecule has 0 radical (unpaired) electrons. The van der Waals surface area contributed by atoms with Crippen LogP contribution in [0, 0.1) is 6.92 Å². The van der Waals surface area contributed by atoms with Crippen molar-refractivity contribution in [3.63, 3.8) is 0 Å². The Morgan fingerprint density at radius 3 is 2.39 bits per heavy atom. The van der Waals surface area contributed by atoms with Crippen LogP contribution in [0.25, 0.3) is 0 Å². The van der Waals surface area contributed by atoms with Gasteiger partial charge in [0.05, 0.1) is 18.8 Å². The van der Waals surface area contributed by atoms with Gasteiger partial charge in [-0.1, -0.05) is 0 Å². The molecule has 2 heterocycles. The lowest BCUT2D eigenvalue weighted by atomic mass is 10.2. The number of nitrogens with two attached hydrogens (primary N) is 1. The summed E-state index contributed by atoms with van der Waals surface area (Å²) in [5, 5.41) is 0. The van der Waals surface area contributed by atoms with Crippen molar-refractivity contribution < 1.29 is 13.9 Å². The van der Waals surface area contributed by atoms with E-state index in [4.69, 9.17) is 19.6 Å². The number of hydrogen-bond donors (Lipinski definition) is 1. The number of methoxy groups -OCH3 is 2. The van der Waals surface area contributed by atoms with E-state index in [-0.39, 0.29) is 12.2 Å². The van der Waals surface area contributed by atoms with Gasteiger partial charge >= 0.3 is 0 Å². The smallest absolute Gasteiger partial charge is 0.118 e. The first-order valence-electron chi connectivity index (χ1n) is 6.24. The largest absolute Gasteiger partial charge is 0.465 e.